The van der Waals surface area contributed by atoms with Gasteiger partial charge < -0.3 is 15.4 Å². The van der Waals surface area contributed by atoms with Gasteiger partial charge in [0.05, 0.1) is 18.8 Å². The van der Waals surface area contributed by atoms with E-state index in [2.05, 4.69) is 0 Å². The van der Waals surface area contributed by atoms with Crippen LogP contribution in [0.1, 0.15) is 5.56 Å². The Morgan fingerprint density at radius 2 is 2.40 bits per heavy atom. The van der Waals surface area contributed by atoms with Gasteiger partial charge in [-0.05, 0) is 18.6 Å². The zero-order valence-corrected chi connectivity index (χ0v) is 8.69. The molecule has 0 spiro atoms. The molecular weight excluding hydrogens is 192 g/mol. The van der Waals surface area contributed by atoms with Crippen molar-refractivity contribution in [1.82, 2.24) is 0 Å². The van der Waals surface area contributed by atoms with Crippen LogP contribution in [0.2, 0.25) is 0 Å². The van der Waals surface area contributed by atoms with Crippen LogP contribution in [0.3, 0.4) is 0 Å². The van der Waals surface area contributed by atoms with Crippen LogP contribution in [-0.2, 0) is 4.79 Å². The molecule has 80 valence electrons. The molecule has 4 nitrogen and oxygen atoms in total. The third kappa shape index (κ3) is 1.88. The number of rotatable bonds is 2. The molecule has 1 aromatic carbocycles. The normalized spacial score (nSPS) is 14.3. The van der Waals surface area contributed by atoms with E-state index in [1.54, 1.807) is 0 Å². The van der Waals surface area contributed by atoms with E-state index in [1.165, 1.54) is 0 Å². The van der Waals surface area contributed by atoms with E-state index >= 15 is 0 Å². The lowest BCUT2D eigenvalue weighted by Crippen LogP contribution is -2.39. The fraction of sp³-hybridized carbons (Fsp3) is 0.364. The summed E-state index contributed by atoms with van der Waals surface area (Å²) >= 11 is 0. The maximum atomic E-state index is 10.9. The lowest BCUT2D eigenvalue weighted by molar-refractivity contribution is -0.116. The van der Waals surface area contributed by atoms with Crippen molar-refractivity contribution in [1.29, 1.82) is 0 Å². The lowest BCUT2D eigenvalue weighted by atomic mass is 10.1. The minimum atomic E-state index is -0.314. The van der Waals surface area contributed by atoms with E-state index in [0.29, 0.717) is 13.2 Å². The number of hydrogen-bond donors (Lipinski definition) is 1. The van der Waals surface area contributed by atoms with Crippen molar-refractivity contribution in [2.24, 2.45) is 5.73 Å². The average molecular weight is 206 g/mol. The third-order valence-corrected chi connectivity index (χ3v) is 2.48. The van der Waals surface area contributed by atoms with E-state index in [1.807, 2.05) is 30.0 Å². The SMILES string of the molecule is Cc1cccc2c1N(CC(N)=O)CCO2. The van der Waals surface area contributed by atoms with Crippen molar-refractivity contribution in [2.45, 2.75) is 6.92 Å². The molecule has 1 aromatic rings. The minimum absolute atomic E-state index is 0.251. The number of nitrogens with two attached hydrogens (primary N) is 1. The predicted molar refractivity (Wildman–Crippen MR) is 58.1 cm³/mol. The van der Waals surface area contributed by atoms with Gasteiger partial charge in [-0.1, -0.05) is 12.1 Å². The van der Waals surface area contributed by atoms with Gasteiger partial charge in [-0.15, -0.1) is 0 Å². The largest absolute Gasteiger partial charge is 0.490 e. The van der Waals surface area contributed by atoms with Gasteiger partial charge in [0, 0.05) is 0 Å². The maximum Gasteiger partial charge on any atom is 0.236 e. The molecule has 15 heavy (non-hydrogen) atoms. The standard InChI is InChI=1S/C11H14N2O2/c1-8-3-2-4-9-11(8)13(5-6-15-9)7-10(12)14/h2-4H,5-7H2,1H3,(H2,12,14). The Kier molecular flexibility index (Phi) is 2.49. The summed E-state index contributed by atoms with van der Waals surface area (Å²) in [6.07, 6.45) is 0. The Bertz CT molecular complexity index is 390. The first kappa shape index (κ1) is 9.83. The highest BCUT2D eigenvalue weighted by Gasteiger charge is 2.20. The minimum Gasteiger partial charge on any atom is -0.490 e. The molecule has 1 amide bonds. The summed E-state index contributed by atoms with van der Waals surface area (Å²) in [5.41, 5.74) is 7.30. The summed E-state index contributed by atoms with van der Waals surface area (Å²) in [5.74, 6) is 0.522. The number of amides is 1. The predicted octanol–water partition coefficient (Wildman–Crippen LogP) is 0.679. The quantitative estimate of drug-likeness (QED) is 0.774. The number of primary amides is 1. The molecule has 0 aromatic heterocycles. The number of aryl methyl sites for hydroxylation is 1. The van der Waals surface area contributed by atoms with E-state index in [-0.39, 0.29) is 12.5 Å². The van der Waals surface area contributed by atoms with Crippen molar-refractivity contribution < 1.29 is 9.53 Å². The van der Waals surface area contributed by atoms with Gasteiger partial charge in [0.25, 0.3) is 0 Å². The molecule has 2 N–H and O–H groups in total. The van der Waals surface area contributed by atoms with Gasteiger partial charge in [-0.3, -0.25) is 4.79 Å². The number of para-hydroxylation sites is 1. The molecule has 1 aliphatic rings. The summed E-state index contributed by atoms with van der Waals surface area (Å²) in [7, 11) is 0. The Balaban J connectivity index is 2.36. The Morgan fingerprint density at radius 3 is 3.13 bits per heavy atom. The van der Waals surface area contributed by atoms with Crippen molar-refractivity contribution in [3.05, 3.63) is 23.8 Å². The Morgan fingerprint density at radius 1 is 1.60 bits per heavy atom. The summed E-state index contributed by atoms with van der Waals surface area (Å²) in [5, 5.41) is 0. The van der Waals surface area contributed by atoms with Gasteiger partial charge in [-0.25, -0.2) is 0 Å². The highest BCUT2D eigenvalue weighted by atomic mass is 16.5. The van der Waals surface area contributed by atoms with Gasteiger partial charge in [0.2, 0.25) is 5.91 Å². The van der Waals surface area contributed by atoms with E-state index in [0.717, 1.165) is 17.0 Å². The third-order valence-electron chi connectivity index (χ3n) is 2.48. The molecule has 1 heterocycles. The topological polar surface area (TPSA) is 55.6 Å². The number of carbonyl (C=O) groups excluding carboxylic acids is 1. The summed E-state index contributed by atoms with van der Waals surface area (Å²) < 4.78 is 5.52. The fourth-order valence-corrected chi connectivity index (χ4v) is 1.88. The zero-order valence-electron chi connectivity index (χ0n) is 8.69. The highest BCUT2D eigenvalue weighted by molar-refractivity contribution is 5.81. The van der Waals surface area contributed by atoms with Crippen molar-refractivity contribution >= 4 is 11.6 Å². The second-order valence-electron chi connectivity index (χ2n) is 3.66. The first-order chi connectivity index (χ1) is 7.18. The van der Waals surface area contributed by atoms with Crippen molar-refractivity contribution in [3.63, 3.8) is 0 Å². The van der Waals surface area contributed by atoms with Gasteiger partial charge >= 0.3 is 0 Å². The van der Waals surface area contributed by atoms with Crippen molar-refractivity contribution in [3.8, 4) is 5.75 Å². The molecule has 0 saturated heterocycles. The second kappa shape index (κ2) is 3.81. The van der Waals surface area contributed by atoms with Crippen LogP contribution in [-0.4, -0.2) is 25.6 Å². The number of nitrogens with zero attached hydrogens (tertiary/aromatic N) is 1. The van der Waals surface area contributed by atoms with E-state index in [4.69, 9.17) is 10.5 Å². The summed E-state index contributed by atoms with van der Waals surface area (Å²) in [6.45, 7) is 3.56. The van der Waals surface area contributed by atoms with Gasteiger partial charge in [-0.2, -0.15) is 0 Å². The number of carbonyl (C=O) groups is 1. The first-order valence-electron chi connectivity index (χ1n) is 4.94. The molecule has 0 saturated carbocycles. The summed E-state index contributed by atoms with van der Waals surface area (Å²) in [6, 6.07) is 5.86. The number of anilines is 1. The van der Waals surface area contributed by atoms with Crippen LogP contribution in [0.25, 0.3) is 0 Å². The first-order valence-corrected chi connectivity index (χ1v) is 4.94. The van der Waals surface area contributed by atoms with E-state index in [9.17, 15) is 4.79 Å². The lowest BCUT2D eigenvalue weighted by Gasteiger charge is -2.31. The van der Waals surface area contributed by atoms with Crippen molar-refractivity contribution in [2.75, 3.05) is 24.6 Å². The van der Waals surface area contributed by atoms with Gasteiger partial charge in [0.1, 0.15) is 12.4 Å². The zero-order chi connectivity index (χ0) is 10.8. The molecule has 0 unspecified atom stereocenters. The number of fused-ring (bicyclic) bond motifs is 1. The molecule has 0 radical (unpaired) electrons. The molecule has 0 atom stereocenters. The van der Waals surface area contributed by atoms with Crippen LogP contribution in [0, 0.1) is 6.92 Å². The number of hydrogen-bond acceptors (Lipinski definition) is 3. The molecule has 0 bridgehead atoms. The average Bonchev–Trinajstić information content (AvgIpc) is 2.17. The molecule has 0 aliphatic carbocycles. The fourth-order valence-electron chi connectivity index (χ4n) is 1.88. The molecule has 2 rings (SSSR count). The Hall–Kier alpha value is -1.71. The molecular formula is C11H14N2O2. The van der Waals surface area contributed by atoms with Gasteiger partial charge in [0.15, 0.2) is 0 Å². The van der Waals surface area contributed by atoms with Crippen LogP contribution >= 0.6 is 0 Å². The summed E-state index contributed by atoms with van der Waals surface area (Å²) in [4.78, 5) is 12.9. The number of ether oxygens (including phenoxy) is 1. The van der Waals surface area contributed by atoms with Crippen LogP contribution in [0.15, 0.2) is 18.2 Å². The molecule has 4 heteroatoms. The highest BCUT2D eigenvalue weighted by Crippen LogP contribution is 2.34. The van der Waals surface area contributed by atoms with E-state index < -0.39 is 0 Å². The molecule has 1 aliphatic heterocycles. The second-order valence-corrected chi connectivity index (χ2v) is 3.66. The maximum absolute atomic E-state index is 10.9. The smallest absolute Gasteiger partial charge is 0.236 e. The number of benzene rings is 1. The van der Waals surface area contributed by atoms with Crippen LogP contribution in [0.4, 0.5) is 5.69 Å². The van der Waals surface area contributed by atoms with Crippen LogP contribution < -0.4 is 15.4 Å². The van der Waals surface area contributed by atoms with Crippen LogP contribution in [0.5, 0.6) is 5.75 Å². The Labute approximate surface area is 88.6 Å². The monoisotopic (exact) mass is 206 g/mol. The molecule has 0 fully saturated rings.